The lowest BCUT2D eigenvalue weighted by Gasteiger charge is -2.06. The molecule has 0 saturated carbocycles. The van der Waals surface area contributed by atoms with Crippen molar-refractivity contribution in [3.05, 3.63) is 53.7 Å². The molecular weight excluding hydrogens is 188 g/mol. The normalized spacial score (nSPS) is 12.7. The molecule has 3 nitrogen and oxygen atoms in total. The summed E-state index contributed by atoms with van der Waals surface area (Å²) in [6.45, 7) is 1.87. The number of nitrogens with two attached hydrogens (primary N) is 1. The van der Waals surface area contributed by atoms with Crippen molar-refractivity contribution in [1.29, 1.82) is 0 Å². The van der Waals surface area contributed by atoms with Gasteiger partial charge in [-0.2, -0.15) is 0 Å². The van der Waals surface area contributed by atoms with Crippen molar-refractivity contribution in [1.82, 2.24) is 4.98 Å². The largest absolute Gasteiger partial charge is 0.444 e. The molecular formula is C12H14N2O. The molecule has 15 heavy (non-hydrogen) atoms. The molecule has 0 fully saturated rings. The second kappa shape index (κ2) is 4.28. The van der Waals surface area contributed by atoms with E-state index in [1.54, 1.807) is 6.20 Å². The minimum atomic E-state index is -0.166. The summed E-state index contributed by atoms with van der Waals surface area (Å²) >= 11 is 0. The minimum absolute atomic E-state index is 0.166. The van der Waals surface area contributed by atoms with E-state index in [1.165, 1.54) is 5.56 Å². The van der Waals surface area contributed by atoms with Gasteiger partial charge >= 0.3 is 0 Å². The maximum Gasteiger partial charge on any atom is 0.211 e. The van der Waals surface area contributed by atoms with Crippen LogP contribution in [-0.2, 0) is 6.42 Å². The molecule has 0 aliphatic heterocycles. The van der Waals surface area contributed by atoms with Crippen LogP contribution in [0.25, 0.3) is 0 Å². The van der Waals surface area contributed by atoms with Crippen LogP contribution in [0.4, 0.5) is 0 Å². The van der Waals surface area contributed by atoms with Crippen molar-refractivity contribution in [3.63, 3.8) is 0 Å². The van der Waals surface area contributed by atoms with Crippen molar-refractivity contribution in [3.8, 4) is 0 Å². The van der Waals surface area contributed by atoms with Crippen LogP contribution in [0.2, 0.25) is 0 Å². The first-order valence-corrected chi connectivity index (χ1v) is 4.97. The van der Waals surface area contributed by atoms with Crippen LogP contribution in [0, 0.1) is 6.92 Å². The zero-order chi connectivity index (χ0) is 10.7. The summed E-state index contributed by atoms with van der Waals surface area (Å²) in [5.41, 5.74) is 7.18. The standard InChI is InChI=1S/C12H14N2O/c1-9-8-14-12(15-9)11(13)7-10-5-3-2-4-6-10/h2-6,8,11H,7,13H2,1H3. The molecule has 0 saturated heterocycles. The Labute approximate surface area is 88.9 Å². The van der Waals surface area contributed by atoms with E-state index in [0.29, 0.717) is 5.89 Å². The van der Waals surface area contributed by atoms with Crippen LogP contribution in [0.15, 0.2) is 40.9 Å². The predicted octanol–water partition coefficient (Wildman–Crippen LogP) is 2.23. The van der Waals surface area contributed by atoms with E-state index in [9.17, 15) is 0 Å². The fourth-order valence-corrected chi connectivity index (χ4v) is 1.50. The van der Waals surface area contributed by atoms with Crippen molar-refractivity contribution in [2.75, 3.05) is 0 Å². The zero-order valence-corrected chi connectivity index (χ0v) is 8.68. The molecule has 1 aromatic carbocycles. The molecule has 1 atom stereocenters. The van der Waals surface area contributed by atoms with Crippen LogP contribution in [0.3, 0.4) is 0 Å². The van der Waals surface area contributed by atoms with Crippen LogP contribution in [-0.4, -0.2) is 4.98 Å². The Kier molecular flexibility index (Phi) is 2.83. The third kappa shape index (κ3) is 2.44. The number of hydrogen-bond acceptors (Lipinski definition) is 3. The van der Waals surface area contributed by atoms with Crippen molar-refractivity contribution in [2.24, 2.45) is 5.73 Å². The molecule has 2 aromatic rings. The highest BCUT2D eigenvalue weighted by atomic mass is 16.4. The van der Waals surface area contributed by atoms with Gasteiger partial charge in [-0.15, -0.1) is 0 Å². The number of hydrogen-bond donors (Lipinski definition) is 1. The predicted molar refractivity (Wildman–Crippen MR) is 58.3 cm³/mol. The highest BCUT2D eigenvalue weighted by Crippen LogP contribution is 2.15. The van der Waals surface area contributed by atoms with E-state index in [2.05, 4.69) is 17.1 Å². The van der Waals surface area contributed by atoms with E-state index in [4.69, 9.17) is 10.2 Å². The third-order valence-electron chi connectivity index (χ3n) is 2.25. The average molecular weight is 202 g/mol. The van der Waals surface area contributed by atoms with E-state index in [0.717, 1.165) is 12.2 Å². The maximum atomic E-state index is 5.98. The van der Waals surface area contributed by atoms with Gasteiger partial charge < -0.3 is 10.2 Å². The summed E-state index contributed by atoms with van der Waals surface area (Å²) in [4.78, 5) is 4.12. The quantitative estimate of drug-likeness (QED) is 0.830. The van der Waals surface area contributed by atoms with Gasteiger partial charge in [-0.1, -0.05) is 30.3 Å². The molecule has 0 amide bonds. The first-order valence-electron chi connectivity index (χ1n) is 4.97. The Balaban J connectivity index is 2.07. The summed E-state index contributed by atoms with van der Waals surface area (Å²) in [6.07, 6.45) is 2.45. The Bertz CT molecular complexity index is 422. The molecule has 1 unspecified atom stereocenters. The van der Waals surface area contributed by atoms with Gasteiger partial charge in [0.25, 0.3) is 0 Å². The lowest BCUT2D eigenvalue weighted by atomic mass is 10.1. The van der Waals surface area contributed by atoms with Crippen molar-refractivity contribution >= 4 is 0 Å². The topological polar surface area (TPSA) is 52.0 Å². The van der Waals surface area contributed by atoms with E-state index >= 15 is 0 Å². The van der Waals surface area contributed by atoms with Gasteiger partial charge in [0.15, 0.2) is 0 Å². The summed E-state index contributed by atoms with van der Waals surface area (Å²) in [6, 6.07) is 9.93. The van der Waals surface area contributed by atoms with Gasteiger partial charge in [0.2, 0.25) is 5.89 Å². The van der Waals surface area contributed by atoms with E-state index in [1.807, 2.05) is 25.1 Å². The van der Waals surface area contributed by atoms with E-state index in [-0.39, 0.29) is 6.04 Å². The molecule has 78 valence electrons. The number of oxazole rings is 1. The first kappa shape index (κ1) is 9.93. The van der Waals surface area contributed by atoms with Crippen molar-refractivity contribution < 1.29 is 4.42 Å². The Morgan fingerprint density at radius 1 is 1.33 bits per heavy atom. The Hall–Kier alpha value is -1.61. The molecule has 3 heteroatoms. The van der Waals surface area contributed by atoms with Gasteiger partial charge in [-0.3, -0.25) is 0 Å². The number of benzene rings is 1. The van der Waals surface area contributed by atoms with Gasteiger partial charge in [-0.05, 0) is 18.9 Å². The molecule has 1 heterocycles. The van der Waals surface area contributed by atoms with Gasteiger partial charge in [0.1, 0.15) is 5.76 Å². The van der Waals surface area contributed by atoms with Crippen molar-refractivity contribution in [2.45, 2.75) is 19.4 Å². The third-order valence-corrected chi connectivity index (χ3v) is 2.25. The van der Waals surface area contributed by atoms with Crippen LogP contribution in [0.5, 0.6) is 0 Å². The molecule has 2 rings (SSSR count). The first-order chi connectivity index (χ1) is 7.25. The summed E-state index contributed by atoms with van der Waals surface area (Å²) in [7, 11) is 0. The molecule has 0 bridgehead atoms. The summed E-state index contributed by atoms with van der Waals surface area (Å²) in [5, 5.41) is 0. The number of nitrogens with zero attached hydrogens (tertiary/aromatic N) is 1. The summed E-state index contributed by atoms with van der Waals surface area (Å²) in [5.74, 6) is 1.41. The molecule has 2 N–H and O–H groups in total. The second-order valence-corrected chi connectivity index (χ2v) is 3.61. The summed E-state index contributed by atoms with van der Waals surface area (Å²) < 4.78 is 5.38. The monoisotopic (exact) mass is 202 g/mol. The average Bonchev–Trinajstić information content (AvgIpc) is 2.66. The molecule has 0 aliphatic rings. The highest BCUT2D eigenvalue weighted by Gasteiger charge is 2.11. The molecule has 0 radical (unpaired) electrons. The molecule has 1 aromatic heterocycles. The fraction of sp³-hybridized carbons (Fsp3) is 0.250. The van der Waals surface area contributed by atoms with Crippen LogP contribution in [0.1, 0.15) is 23.3 Å². The van der Waals surface area contributed by atoms with Gasteiger partial charge in [-0.25, -0.2) is 4.98 Å². The zero-order valence-electron chi connectivity index (χ0n) is 8.68. The van der Waals surface area contributed by atoms with Crippen LogP contribution >= 0.6 is 0 Å². The Morgan fingerprint density at radius 3 is 2.67 bits per heavy atom. The highest BCUT2D eigenvalue weighted by molar-refractivity contribution is 5.16. The molecule has 0 spiro atoms. The number of aryl methyl sites for hydroxylation is 1. The lowest BCUT2D eigenvalue weighted by molar-refractivity contribution is 0.431. The Morgan fingerprint density at radius 2 is 2.07 bits per heavy atom. The SMILES string of the molecule is Cc1cnc(C(N)Cc2ccccc2)o1. The fourth-order valence-electron chi connectivity index (χ4n) is 1.50. The van der Waals surface area contributed by atoms with Gasteiger partial charge in [0, 0.05) is 0 Å². The number of aromatic nitrogens is 1. The smallest absolute Gasteiger partial charge is 0.211 e. The van der Waals surface area contributed by atoms with Crippen LogP contribution < -0.4 is 5.73 Å². The number of rotatable bonds is 3. The second-order valence-electron chi connectivity index (χ2n) is 3.61. The van der Waals surface area contributed by atoms with E-state index < -0.39 is 0 Å². The molecule has 0 aliphatic carbocycles. The maximum absolute atomic E-state index is 5.98. The lowest BCUT2D eigenvalue weighted by Crippen LogP contribution is -2.13. The van der Waals surface area contributed by atoms with Gasteiger partial charge in [0.05, 0.1) is 12.2 Å². The minimum Gasteiger partial charge on any atom is -0.444 e.